The Kier molecular flexibility index (Phi) is 8.38. The summed E-state index contributed by atoms with van der Waals surface area (Å²) in [4.78, 5) is 26.6. The molecule has 0 aromatic heterocycles. The van der Waals surface area contributed by atoms with Crippen molar-refractivity contribution in [2.24, 2.45) is 11.8 Å². The lowest BCUT2D eigenvalue weighted by molar-refractivity contribution is -0.126. The third kappa shape index (κ3) is 5.29. The first-order chi connectivity index (χ1) is 13.1. The zero-order valence-electron chi connectivity index (χ0n) is 16.5. The summed E-state index contributed by atoms with van der Waals surface area (Å²) in [6.07, 6.45) is 3.63. The highest BCUT2D eigenvalue weighted by Gasteiger charge is 2.36. The summed E-state index contributed by atoms with van der Waals surface area (Å²) >= 11 is 0. The van der Waals surface area contributed by atoms with Crippen LogP contribution < -0.4 is 25.0 Å². The van der Waals surface area contributed by atoms with Gasteiger partial charge in [0.15, 0.2) is 0 Å². The molecule has 2 N–H and O–H groups in total. The molecule has 1 aromatic rings. The van der Waals surface area contributed by atoms with Crippen LogP contribution in [0.3, 0.4) is 0 Å². The number of amides is 2. The lowest BCUT2D eigenvalue weighted by atomic mass is 9.96. The van der Waals surface area contributed by atoms with Crippen molar-refractivity contribution in [1.82, 2.24) is 10.6 Å². The molecule has 2 heterocycles. The second-order valence-corrected chi connectivity index (χ2v) is 7.24. The number of rotatable bonds is 7. The zero-order chi connectivity index (χ0) is 19.2. The fraction of sp³-hybridized carbons (Fsp3) is 0.600. The molecule has 2 aliphatic heterocycles. The number of carbonyl (C=O) groups excluding carboxylic acids is 2. The van der Waals surface area contributed by atoms with Gasteiger partial charge in [-0.05, 0) is 50.4 Å². The van der Waals surface area contributed by atoms with Crippen molar-refractivity contribution in [3.05, 3.63) is 18.2 Å². The summed E-state index contributed by atoms with van der Waals surface area (Å²) in [5.41, 5.74) is 0.673. The van der Waals surface area contributed by atoms with Gasteiger partial charge in [0.2, 0.25) is 11.8 Å². The highest BCUT2D eigenvalue weighted by molar-refractivity contribution is 6.01. The minimum Gasteiger partial charge on any atom is -0.497 e. The molecule has 0 aliphatic carbocycles. The first-order valence-corrected chi connectivity index (χ1v) is 9.63. The maximum atomic E-state index is 12.5. The number of nitrogens with zero attached hydrogens (tertiary/aromatic N) is 1. The maximum absolute atomic E-state index is 12.5. The molecule has 0 bridgehead atoms. The van der Waals surface area contributed by atoms with Crippen LogP contribution in [-0.4, -0.2) is 52.2 Å². The molecule has 2 unspecified atom stereocenters. The van der Waals surface area contributed by atoms with E-state index in [-0.39, 0.29) is 36.6 Å². The lowest BCUT2D eigenvalue weighted by Gasteiger charge is -2.23. The van der Waals surface area contributed by atoms with Gasteiger partial charge in [0, 0.05) is 25.6 Å². The molecular formula is C20H30ClN3O4. The summed E-state index contributed by atoms with van der Waals surface area (Å²) in [5, 5.41) is 6.41. The van der Waals surface area contributed by atoms with Crippen molar-refractivity contribution in [3.8, 4) is 11.5 Å². The molecular weight excluding hydrogens is 382 g/mol. The van der Waals surface area contributed by atoms with Gasteiger partial charge in [-0.25, -0.2) is 0 Å². The molecule has 28 heavy (non-hydrogen) atoms. The molecule has 2 aliphatic rings. The molecule has 3 rings (SSSR count). The SMILES string of the molecule is COc1ccc(N2CC(C(=O)NCCC3CCCNC3)CC2=O)c(OC)c1.Cl. The summed E-state index contributed by atoms with van der Waals surface area (Å²) in [6.45, 7) is 3.17. The number of hydrogen-bond acceptors (Lipinski definition) is 5. The van der Waals surface area contributed by atoms with Gasteiger partial charge in [-0.15, -0.1) is 12.4 Å². The summed E-state index contributed by atoms with van der Waals surface area (Å²) in [5.74, 6) is 1.43. The molecule has 1 aromatic carbocycles. The van der Waals surface area contributed by atoms with Gasteiger partial charge in [-0.3, -0.25) is 9.59 Å². The predicted molar refractivity (Wildman–Crippen MR) is 110 cm³/mol. The normalized spacial score (nSPS) is 21.8. The number of ether oxygens (including phenoxy) is 2. The van der Waals surface area contributed by atoms with Crippen molar-refractivity contribution >= 4 is 29.9 Å². The number of hydrogen-bond donors (Lipinski definition) is 2. The van der Waals surface area contributed by atoms with Crippen molar-refractivity contribution in [2.45, 2.75) is 25.7 Å². The summed E-state index contributed by atoms with van der Waals surface area (Å²) < 4.78 is 10.6. The van der Waals surface area contributed by atoms with Gasteiger partial charge in [0.1, 0.15) is 11.5 Å². The largest absolute Gasteiger partial charge is 0.497 e. The van der Waals surface area contributed by atoms with E-state index in [0.717, 1.165) is 19.5 Å². The van der Waals surface area contributed by atoms with Crippen LogP contribution >= 0.6 is 12.4 Å². The third-order valence-corrected chi connectivity index (χ3v) is 5.42. The minimum absolute atomic E-state index is 0. The molecule has 2 fully saturated rings. The zero-order valence-corrected chi connectivity index (χ0v) is 17.3. The standard InChI is InChI=1S/C20H29N3O4.ClH/c1-26-16-5-6-17(18(11-16)27-2)23-13-15(10-19(23)24)20(25)22-9-7-14-4-3-8-21-12-14;/h5-6,11,14-15,21H,3-4,7-10,12-13H2,1-2H3,(H,22,25);1H. The fourth-order valence-corrected chi connectivity index (χ4v) is 3.84. The van der Waals surface area contributed by atoms with Crippen LogP contribution in [0.25, 0.3) is 0 Å². The van der Waals surface area contributed by atoms with Gasteiger partial charge < -0.3 is 25.0 Å². The Hall–Kier alpha value is -1.99. The van der Waals surface area contributed by atoms with E-state index in [4.69, 9.17) is 9.47 Å². The number of benzene rings is 1. The quantitative estimate of drug-likeness (QED) is 0.717. The van der Waals surface area contributed by atoms with E-state index in [1.165, 1.54) is 12.8 Å². The first-order valence-electron chi connectivity index (χ1n) is 9.63. The Morgan fingerprint density at radius 2 is 2.14 bits per heavy atom. The third-order valence-electron chi connectivity index (χ3n) is 5.42. The Bertz CT molecular complexity index is 679. The average molecular weight is 412 g/mol. The highest BCUT2D eigenvalue weighted by atomic mass is 35.5. The molecule has 0 spiro atoms. The van der Waals surface area contributed by atoms with Gasteiger partial charge >= 0.3 is 0 Å². The number of piperidine rings is 1. The van der Waals surface area contributed by atoms with E-state index < -0.39 is 0 Å². The Morgan fingerprint density at radius 1 is 1.32 bits per heavy atom. The minimum atomic E-state index is -0.325. The van der Waals surface area contributed by atoms with E-state index in [2.05, 4.69) is 10.6 Å². The lowest BCUT2D eigenvalue weighted by Crippen LogP contribution is -2.36. The predicted octanol–water partition coefficient (Wildman–Crippen LogP) is 1.98. The van der Waals surface area contributed by atoms with E-state index >= 15 is 0 Å². The number of methoxy groups -OCH3 is 2. The number of nitrogens with one attached hydrogen (secondary N) is 2. The molecule has 2 saturated heterocycles. The topological polar surface area (TPSA) is 79.9 Å². The summed E-state index contributed by atoms with van der Waals surface area (Å²) in [7, 11) is 3.14. The Labute approximate surface area is 172 Å². The van der Waals surface area contributed by atoms with Crippen molar-refractivity contribution < 1.29 is 19.1 Å². The molecule has 0 radical (unpaired) electrons. The van der Waals surface area contributed by atoms with Crippen LogP contribution in [0, 0.1) is 11.8 Å². The van der Waals surface area contributed by atoms with Crippen molar-refractivity contribution in [3.63, 3.8) is 0 Å². The van der Waals surface area contributed by atoms with Crippen LogP contribution in [0.1, 0.15) is 25.7 Å². The molecule has 156 valence electrons. The number of carbonyl (C=O) groups is 2. The number of halogens is 1. The fourth-order valence-electron chi connectivity index (χ4n) is 3.84. The van der Waals surface area contributed by atoms with Gasteiger partial charge in [0.25, 0.3) is 0 Å². The Balaban J connectivity index is 0.00000280. The van der Waals surface area contributed by atoms with Crippen LogP contribution in [-0.2, 0) is 9.59 Å². The van der Waals surface area contributed by atoms with Crippen LogP contribution in [0.2, 0.25) is 0 Å². The van der Waals surface area contributed by atoms with E-state index in [9.17, 15) is 9.59 Å². The van der Waals surface area contributed by atoms with Crippen LogP contribution in [0.4, 0.5) is 5.69 Å². The van der Waals surface area contributed by atoms with E-state index in [1.807, 2.05) is 0 Å². The second-order valence-electron chi connectivity index (χ2n) is 7.24. The molecule has 7 nitrogen and oxygen atoms in total. The molecule has 2 amide bonds. The van der Waals surface area contributed by atoms with Gasteiger partial charge in [0.05, 0.1) is 25.8 Å². The maximum Gasteiger partial charge on any atom is 0.227 e. The van der Waals surface area contributed by atoms with Crippen molar-refractivity contribution in [1.29, 1.82) is 0 Å². The summed E-state index contributed by atoms with van der Waals surface area (Å²) in [6, 6.07) is 5.33. The molecule has 0 saturated carbocycles. The smallest absolute Gasteiger partial charge is 0.227 e. The molecule has 2 atom stereocenters. The first kappa shape index (κ1) is 22.3. The van der Waals surface area contributed by atoms with E-state index in [1.54, 1.807) is 37.3 Å². The van der Waals surface area contributed by atoms with Gasteiger partial charge in [-0.2, -0.15) is 0 Å². The monoisotopic (exact) mass is 411 g/mol. The average Bonchev–Trinajstić information content (AvgIpc) is 3.09. The van der Waals surface area contributed by atoms with Crippen molar-refractivity contribution in [2.75, 3.05) is 45.3 Å². The van der Waals surface area contributed by atoms with Gasteiger partial charge in [-0.1, -0.05) is 0 Å². The van der Waals surface area contributed by atoms with Crippen LogP contribution in [0.15, 0.2) is 18.2 Å². The number of anilines is 1. The van der Waals surface area contributed by atoms with Crippen LogP contribution in [0.5, 0.6) is 11.5 Å². The highest BCUT2D eigenvalue weighted by Crippen LogP contribution is 2.35. The molecule has 8 heteroatoms. The van der Waals surface area contributed by atoms with E-state index in [0.29, 0.717) is 36.2 Å². The second kappa shape index (κ2) is 10.5. The Morgan fingerprint density at radius 3 is 2.82 bits per heavy atom.